The SMILES string of the molecule is CCCN(Cc1ccc(C(O)(c2ccc(OC)cc2)c2ccc(OC)cc2)o1)Cc1cccc(OC)c1OC. The van der Waals surface area contributed by atoms with Crippen LogP contribution in [0.3, 0.4) is 0 Å². The van der Waals surface area contributed by atoms with Crippen molar-refractivity contribution < 1.29 is 28.5 Å². The van der Waals surface area contributed by atoms with Gasteiger partial charge in [0.05, 0.1) is 35.0 Å². The third kappa shape index (κ3) is 6.05. The molecule has 0 atom stereocenters. The van der Waals surface area contributed by atoms with Gasteiger partial charge >= 0.3 is 0 Å². The van der Waals surface area contributed by atoms with Gasteiger partial charge in [-0.2, -0.15) is 0 Å². The van der Waals surface area contributed by atoms with Crippen LogP contribution < -0.4 is 18.9 Å². The van der Waals surface area contributed by atoms with Crippen molar-refractivity contribution in [3.63, 3.8) is 0 Å². The monoisotopic (exact) mass is 531 g/mol. The van der Waals surface area contributed by atoms with Gasteiger partial charge in [-0.15, -0.1) is 0 Å². The van der Waals surface area contributed by atoms with E-state index in [2.05, 4.69) is 11.8 Å². The summed E-state index contributed by atoms with van der Waals surface area (Å²) in [7, 11) is 6.53. The smallest absolute Gasteiger partial charge is 0.173 e. The molecule has 0 saturated heterocycles. The van der Waals surface area contributed by atoms with Crippen LogP contribution in [0.25, 0.3) is 0 Å². The summed E-state index contributed by atoms with van der Waals surface area (Å²) in [6.45, 7) is 4.23. The Balaban J connectivity index is 1.67. The van der Waals surface area contributed by atoms with Gasteiger partial charge in [-0.3, -0.25) is 4.90 Å². The van der Waals surface area contributed by atoms with E-state index < -0.39 is 5.60 Å². The van der Waals surface area contributed by atoms with Crippen molar-refractivity contribution in [2.24, 2.45) is 0 Å². The molecule has 0 bridgehead atoms. The van der Waals surface area contributed by atoms with E-state index in [9.17, 15) is 5.11 Å². The number of furan rings is 1. The molecule has 1 aromatic heterocycles. The predicted octanol–water partition coefficient (Wildman–Crippen LogP) is 6.01. The molecular formula is C32H37NO6. The van der Waals surface area contributed by atoms with Gasteiger partial charge in [0.1, 0.15) is 23.0 Å². The zero-order valence-electron chi connectivity index (χ0n) is 23.3. The molecule has 206 valence electrons. The van der Waals surface area contributed by atoms with Crippen molar-refractivity contribution in [3.8, 4) is 23.0 Å². The lowest BCUT2D eigenvalue weighted by molar-refractivity contribution is 0.0951. The van der Waals surface area contributed by atoms with Crippen molar-refractivity contribution in [2.75, 3.05) is 35.0 Å². The zero-order chi connectivity index (χ0) is 27.8. The molecule has 7 heteroatoms. The van der Waals surface area contributed by atoms with E-state index in [0.29, 0.717) is 47.2 Å². The highest BCUT2D eigenvalue weighted by Crippen LogP contribution is 2.39. The third-order valence-electron chi connectivity index (χ3n) is 6.83. The van der Waals surface area contributed by atoms with Crippen LogP contribution in [0.2, 0.25) is 0 Å². The van der Waals surface area contributed by atoms with Gasteiger partial charge in [-0.25, -0.2) is 0 Å². The fourth-order valence-corrected chi connectivity index (χ4v) is 4.84. The van der Waals surface area contributed by atoms with Crippen LogP contribution in [-0.2, 0) is 18.7 Å². The molecule has 1 heterocycles. The van der Waals surface area contributed by atoms with Gasteiger partial charge < -0.3 is 28.5 Å². The minimum atomic E-state index is -1.51. The summed E-state index contributed by atoms with van der Waals surface area (Å²) in [6.07, 6.45) is 0.974. The van der Waals surface area contributed by atoms with E-state index in [1.807, 2.05) is 78.9 Å². The summed E-state index contributed by atoms with van der Waals surface area (Å²) in [5, 5.41) is 12.2. The standard InChI is InChI=1S/C32H37NO6/c1-6-20-33(21-23-8-7-9-29(37-4)31(23)38-5)22-28-18-19-30(39-28)32(34,24-10-14-26(35-2)15-11-24)25-12-16-27(36-3)17-13-25/h7-19,34H,6,20-22H2,1-5H3. The maximum absolute atomic E-state index is 12.2. The van der Waals surface area contributed by atoms with E-state index in [1.165, 1.54) is 0 Å². The number of rotatable bonds is 13. The Bertz CT molecular complexity index is 1280. The minimum Gasteiger partial charge on any atom is -0.497 e. The Morgan fingerprint density at radius 1 is 0.718 bits per heavy atom. The fraction of sp³-hybridized carbons (Fsp3) is 0.312. The molecule has 4 rings (SSSR count). The number of ether oxygens (including phenoxy) is 4. The van der Waals surface area contributed by atoms with Gasteiger partial charge in [0.2, 0.25) is 0 Å². The Labute approximate surface area is 230 Å². The molecule has 0 radical (unpaired) electrons. The van der Waals surface area contributed by atoms with Crippen LogP contribution >= 0.6 is 0 Å². The third-order valence-corrected chi connectivity index (χ3v) is 6.83. The molecule has 3 aromatic carbocycles. The largest absolute Gasteiger partial charge is 0.497 e. The fourth-order valence-electron chi connectivity index (χ4n) is 4.84. The number of hydrogen-bond donors (Lipinski definition) is 1. The molecule has 0 saturated carbocycles. The van der Waals surface area contributed by atoms with Crippen LogP contribution in [0, 0.1) is 0 Å². The lowest BCUT2D eigenvalue weighted by Crippen LogP contribution is -2.28. The van der Waals surface area contributed by atoms with Gasteiger partial charge in [-0.05, 0) is 66.6 Å². The minimum absolute atomic E-state index is 0.434. The normalized spacial score (nSPS) is 11.5. The molecule has 0 unspecified atom stereocenters. The topological polar surface area (TPSA) is 73.5 Å². The average Bonchev–Trinajstić information content (AvgIpc) is 3.45. The summed E-state index contributed by atoms with van der Waals surface area (Å²) in [5.74, 6) is 4.03. The van der Waals surface area contributed by atoms with E-state index in [4.69, 9.17) is 23.4 Å². The van der Waals surface area contributed by atoms with Crippen molar-refractivity contribution in [1.82, 2.24) is 4.90 Å². The molecule has 39 heavy (non-hydrogen) atoms. The zero-order valence-corrected chi connectivity index (χ0v) is 23.3. The Hall–Kier alpha value is -3.94. The molecule has 0 amide bonds. The molecule has 0 aliphatic heterocycles. The average molecular weight is 532 g/mol. The van der Waals surface area contributed by atoms with Gasteiger partial charge in [0.25, 0.3) is 0 Å². The van der Waals surface area contributed by atoms with Crippen molar-refractivity contribution in [1.29, 1.82) is 0 Å². The highest BCUT2D eigenvalue weighted by Gasteiger charge is 2.37. The number of para-hydroxylation sites is 1. The maximum Gasteiger partial charge on any atom is 0.173 e. The molecule has 0 aliphatic carbocycles. The molecule has 1 N–H and O–H groups in total. The van der Waals surface area contributed by atoms with Gasteiger partial charge in [-0.1, -0.05) is 43.3 Å². The summed E-state index contributed by atoms with van der Waals surface area (Å²) in [4.78, 5) is 2.29. The van der Waals surface area contributed by atoms with Crippen LogP contribution in [0.4, 0.5) is 0 Å². The lowest BCUT2D eigenvalue weighted by Gasteiger charge is -2.28. The van der Waals surface area contributed by atoms with Crippen molar-refractivity contribution in [3.05, 3.63) is 107 Å². The predicted molar refractivity (Wildman–Crippen MR) is 151 cm³/mol. The number of aliphatic hydroxyl groups is 1. The molecular weight excluding hydrogens is 494 g/mol. The first-order chi connectivity index (χ1) is 19.0. The molecule has 0 spiro atoms. The second-order valence-electron chi connectivity index (χ2n) is 9.30. The molecule has 0 fully saturated rings. The Morgan fingerprint density at radius 2 is 1.33 bits per heavy atom. The quantitative estimate of drug-likeness (QED) is 0.226. The molecule has 7 nitrogen and oxygen atoms in total. The second kappa shape index (κ2) is 12.7. The first-order valence-corrected chi connectivity index (χ1v) is 13.0. The first kappa shape index (κ1) is 28.1. The highest BCUT2D eigenvalue weighted by molar-refractivity contribution is 5.48. The maximum atomic E-state index is 12.2. The van der Waals surface area contributed by atoms with Crippen LogP contribution in [-0.4, -0.2) is 45.0 Å². The van der Waals surface area contributed by atoms with Gasteiger partial charge in [0.15, 0.2) is 17.1 Å². The second-order valence-corrected chi connectivity index (χ2v) is 9.30. The number of hydrogen-bond acceptors (Lipinski definition) is 7. The van der Waals surface area contributed by atoms with Crippen molar-refractivity contribution >= 4 is 0 Å². The molecule has 4 aromatic rings. The highest BCUT2D eigenvalue weighted by atomic mass is 16.5. The van der Waals surface area contributed by atoms with Gasteiger partial charge in [0, 0.05) is 12.1 Å². The summed E-state index contributed by atoms with van der Waals surface area (Å²) in [5.41, 5.74) is 0.856. The van der Waals surface area contributed by atoms with E-state index >= 15 is 0 Å². The molecule has 0 aliphatic rings. The van der Waals surface area contributed by atoms with E-state index in [-0.39, 0.29) is 0 Å². The Morgan fingerprint density at radius 3 is 1.85 bits per heavy atom. The van der Waals surface area contributed by atoms with Crippen molar-refractivity contribution in [2.45, 2.75) is 32.0 Å². The number of methoxy groups -OCH3 is 4. The lowest BCUT2D eigenvalue weighted by atomic mass is 9.84. The summed E-state index contributed by atoms with van der Waals surface area (Å²) in [6, 6.07) is 24.4. The van der Waals surface area contributed by atoms with Crippen LogP contribution in [0.15, 0.2) is 83.3 Å². The summed E-state index contributed by atoms with van der Waals surface area (Å²) >= 11 is 0. The van der Waals surface area contributed by atoms with E-state index in [1.54, 1.807) is 28.4 Å². The number of nitrogens with zero attached hydrogens (tertiary/aromatic N) is 1. The van der Waals surface area contributed by atoms with Crippen LogP contribution in [0.5, 0.6) is 23.0 Å². The van der Waals surface area contributed by atoms with Crippen LogP contribution in [0.1, 0.15) is 41.6 Å². The number of benzene rings is 3. The summed E-state index contributed by atoms with van der Waals surface area (Å²) < 4.78 is 28.2. The first-order valence-electron chi connectivity index (χ1n) is 13.0. The Kier molecular flexibility index (Phi) is 9.17. The van der Waals surface area contributed by atoms with E-state index in [0.717, 1.165) is 30.0 Å².